The van der Waals surface area contributed by atoms with Gasteiger partial charge in [-0.05, 0) is 0 Å². The van der Waals surface area contributed by atoms with E-state index in [-0.39, 0.29) is 42.4 Å². The molecule has 0 aromatic carbocycles. The Balaban J connectivity index is -0.0000000450. The van der Waals surface area contributed by atoms with Gasteiger partial charge in [0.05, 0.1) is 13.2 Å². The van der Waals surface area contributed by atoms with Gasteiger partial charge in [-0.1, -0.05) is 0 Å². The molecule has 0 rings (SSSR count). The smallest absolute Gasteiger partial charge is 0.0662 e. The van der Waals surface area contributed by atoms with Crippen molar-refractivity contribution in [3.63, 3.8) is 0 Å². The Morgan fingerprint density at radius 1 is 1.00 bits per heavy atom. The van der Waals surface area contributed by atoms with Crippen LogP contribution in [0.5, 0.6) is 0 Å². The van der Waals surface area contributed by atoms with E-state index in [1.54, 1.807) is 0 Å². The molecule has 0 saturated carbocycles. The molecule has 2 N–H and O–H groups in total. The average molecular weight is 125 g/mol. The Labute approximate surface area is 53.1 Å². The minimum atomic E-state index is -0.125. The van der Waals surface area contributed by atoms with E-state index in [4.69, 9.17) is 10.2 Å². The summed E-state index contributed by atoms with van der Waals surface area (Å²) in [6.45, 7) is -0.250. The Kier molecular flexibility index (Phi) is 46.3. The summed E-state index contributed by atoms with van der Waals surface area (Å²) in [5, 5.41) is 15.2. The van der Waals surface area contributed by atoms with Gasteiger partial charge >= 0.3 is 0 Å². The fourth-order valence-electron chi connectivity index (χ4n) is 0. The largest absolute Gasteiger partial charge is 0.394 e. The molecule has 0 heterocycles. The van der Waals surface area contributed by atoms with Gasteiger partial charge in [0.25, 0.3) is 0 Å². The van der Waals surface area contributed by atoms with E-state index in [9.17, 15) is 0 Å². The third-order valence-corrected chi connectivity index (χ3v) is 0.1000. The first-order chi connectivity index (χ1) is 1.91. The molecular formula is C3H9O2Ti-. The number of hydrogen-bond acceptors (Lipinski definition) is 2. The van der Waals surface area contributed by atoms with Gasteiger partial charge in [0.1, 0.15) is 0 Å². The maximum absolute atomic E-state index is 7.62. The summed E-state index contributed by atoms with van der Waals surface area (Å²) in [5.41, 5.74) is 0. The van der Waals surface area contributed by atoms with E-state index >= 15 is 0 Å². The normalized spacial score (nSPS) is 5.00. The van der Waals surface area contributed by atoms with Gasteiger partial charge in [0, 0.05) is 21.7 Å². The summed E-state index contributed by atoms with van der Waals surface area (Å²) in [5.74, 6) is 0. The van der Waals surface area contributed by atoms with E-state index in [1.165, 1.54) is 0 Å². The number of rotatable bonds is 1. The number of aliphatic hydroxyl groups is 2. The van der Waals surface area contributed by atoms with Gasteiger partial charge in [0.2, 0.25) is 0 Å². The van der Waals surface area contributed by atoms with Crippen LogP contribution in [0.15, 0.2) is 0 Å². The zero-order valence-corrected chi connectivity index (χ0v) is 5.37. The molecule has 0 radical (unpaired) electrons. The molecule has 0 saturated heterocycles. The molecule has 0 aromatic heterocycles. The predicted molar refractivity (Wildman–Crippen MR) is 20.6 cm³/mol. The van der Waals surface area contributed by atoms with Crippen LogP contribution in [0, 0.1) is 7.43 Å². The van der Waals surface area contributed by atoms with Crippen LogP contribution in [-0.4, -0.2) is 23.4 Å². The van der Waals surface area contributed by atoms with E-state index in [0.29, 0.717) is 0 Å². The van der Waals surface area contributed by atoms with Gasteiger partial charge in [-0.15, -0.1) is 0 Å². The first kappa shape index (κ1) is 15.9. The Morgan fingerprint density at radius 3 is 1.17 bits per heavy atom. The molecule has 0 aliphatic heterocycles. The number of hydrogen-bond donors (Lipinski definition) is 2. The zero-order valence-electron chi connectivity index (χ0n) is 3.81. The van der Waals surface area contributed by atoms with Crippen molar-refractivity contribution in [3.05, 3.63) is 7.43 Å². The summed E-state index contributed by atoms with van der Waals surface area (Å²) in [6, 6.07) is 0. The average Bonchev–Trinajstić information content (AvgIpc) is 1.37. The summed E-state index contributed by atoms with van der Waals surface area (Å²) in [4.78, 5) is 0. The van der Waals surface area contributed by atoms with Crippen LogP contribution in [0.3, 0.4) is 0 Å². The van der Waals surface area contributed by atoms with Crippen molar-refractivity contribution in [2.75, 3.05) is 13.2 Å². The van der Waals surface area contributed by atoms with Crippen LogP contribution in [0.25, 0.3) is 0 Å². The van der Waals surface area contributed by atoms with Crippen LogP contribution < -0.4 is 0 Å². The van der Waals surface area contributed by atoms with Gasteiger partial charge in [-0.25, -0.2) is 0 Å². The molecule has 0 unspecified atom stereocenters. The minimum Gasteiger partial charge on any atom is -0.394 e. The molecule has 0 amide bonds. The van der Waals surface area contributed by atoms with Gasteiger partial charge < -0.3 is 17.6 Å². The molecule has 3 heteroatoms. The first-order valence-corrected chi connectivity index (χ1v) is 1.13. The maximum atomic E-state index is 7.62. The van der Waals surface area contributed by atoms with Crippen LogP contribution in [0.4, 0.5) is 0 Å². The minimum absolute atomic E-state index is 0. The molecule has 0 spiro atoms. The van der Waals surface area contributed by atoms with Crippen molar-refractivity contribution in [2.45, 2.75) is 0 Å². The van der Waals surface area contributed by atoms with Gasteiger partial charge in [-0.3, -0.25) is 0 Å². The second-order valence-electron chi connectivity index (χ2n) is 0.447. The molecule has 6 heavy (non-hydrogen) atoms. The molecule has 0 atom stereocenters. The SMILES string of the molecule is OCCO.[CH3-].[Ti]. The quantitative estimate of drug-likeness (QED) is 0.363. The van der Waals surface area contributed by atoms with Crippen molar-refractivity contribution in [2.24, 2.45) is 0 Å². The van der Waals surface area contributed by atoms with E-state index in [0.717, 1.165) is 0 Å². The van der Waals surface area contributed by atoms with Crippen LogP contribution in [-0.2, 0) is 21.7 Å². The first-order valence-electron chi connectivity index (χ1n) is 1.13. The van der Waals surface area contributed by atoms with Gasteiger partial charge in [-0.2, -0.15) is 0 Å². The Hall–Kier alpha value is 0.634. The van der Waals surface area contributed by atoms with Crippen LogP contribution in [0.1, 0.15) is 0 Å². The topological polar surface area (TPSA) is 40.5 Å². The maximum Gasteiger partial charge on any atom is 0.0662 e. The van der Waals surface area contributed by atoms with Crippen LogP contribution in [0.2, 0.25) is 0 Å². The Bertz CT molecular complexity index is 10.8. The standard InChI is InChI=1S/C2H6O2.CH3.Ti/c3-1-2-4;;/h3-4H,1-2H2;1H3;/q;-1;. The predicted octanol–water partition coefficient (Wildman–Crippen LogP) is -0.581. The van der Waals surface area contributed by atoms with Crippen molar-refractivity contribution in [3.8, 4) is 0 Å². The van der Waals surface area contributed by atoms with Crippen LogP contribution >= 0.6 is 0 Å². The summed E-state index contributed by atoms with van der Waals surface area (Å²) in [7, 11) is 0. The van der Waals surface area contributed by atoms with E-state index in [1.807, 2.05) is 0 Å². The van der Waals surface area contributed by atoms with Crippen molar-refractivity contribution in [1.29, 1.82) is 0 Å². The third-order valence-electron chi connectivity index (χ3n) is 0.1000. The Morgan fingerprint density at radius 2 is 1.17 bits per heavy atom. The monoisotopic (exact) mass is 125 g/mol. The molecular weight excluding hydrogens is 116 g/mol. The summed E-state index contributed by atoms with van der Waals surface area (Å²) < 4.78 is 0. The summed E-state index contributed by atoms with van der Waals surface area (Å²) >= 11 is 0. The van der Waals surface area contributed by atoms with Crippen molar-refractivity contribution < 1.29 is 31.9 Å². The number of aliphatic hydroxyl groups excluding tert-OH is 2. The van der Waals surface area contributed by atoms with E-state index in [2.05, 4.69) is 0 Å². The molecule has 2 nitrogen and oxygen atoms in total. The van der Waals surface area contributed by atoms with E-state index < -0.39 is 0 Å². The summed E-state index contributed by atoms with van der Waals surface area (Å²) in [6.07, 6.45) is 0. The van der Waals surface area contributed by atoms with Gasteiger partial charge in [0.15, 0.2) is 0 Å². The molecule has 0 aliphatic rings. The zero-order chi connectivity index (χ0) is 3.41. The fraction of sp³-hybridized carbons (Fsp3) is 0.667. The molecule has 0 aliphatic carbocycles. The fourth-order valence-corrected chi connectivity index (χ4v) is 0. The molecule has 0 fully saturated rings. The van der Waals surface area contributed by atoms with Crippen molar-refractivity contribution in [1.82, 2.24) is 0 Å². The molecule has 0 bridgehead atoms. The molecule has 38 valence electrons. The second-order valence-corrected chi connectivity index (χ2v) is 0.447. The third kappa shape index (κ3) is 22.9. The molecule has 0 aromatic rings. The van der Waals surface area contributed by atoms with Crippen molar-refractivity contribution >= 4 is 0 Å². The second kappa shape index (κ2) is 17.4.